The van der Waals surface area contributed by atoms with Gasteiger partial charge in [0.25, 0.3) is 0 Å². The maximum absolute atomic E-state index is 7.50. The molecule has 0 spiro atoms. The number of nitrogens with zero attached hydrogens (tertiary/aromatic N) is 1. The van der Waals surface area contributed by atoms with Crippen LogP contribution in [0.1, 0.15) is 12.7 Å². The van der Waals surface area contributed by atoms with Crippen molar-refractivity contribution in [2.75, 3.05) is 0 Å². The molecule has 2 aromatic rings. The molecule has 2 rings (SSSR count). The average molecular weight is 425 g/mol. The predicted octanol–water partition coefficient (Wildman–Crippen LogP) is 2.39. The third-order valence-electron chi connectivity index (χ3n) is 1.84. The van der Waals surface area contributed by atoms with Gasteiger partial charge in [-0.05, 0) is 18.6 Å². The Morgan fingerprint density at radius 1 is 1.00 bits per heavy atom. The van der Waals surface area contributed by atoms with Gasteiger partial charge in [0.05, 0.1) is 0 Å². The summed E-state index contributed by atoms with van der Waals surface area (Å²) in [6, 6.07) is 14.4. The molecule has 1 heterocycles. The summed E-state index contributed by atoms with van der Waals surface area (Å²) < 4.78 is 22.5. The van der Waals surface area contributed by atoms with Gasteiger partial charge in [0.2, 0.25) is 0 Å². The first-order valence-electron chi connectivity index (χ1n) is 4.67. The third kappa shape index (κ3) is 11.2. The van der Waals surface area contributed by atoms with Crippen LogP contribution < -0.4 is 0 Å². The molecule has 5 heteroatoms. The summed E-state index contributed by atoms with van der Waals surface area (Å²) in [6.07, 6.45) is 2.77. The molecule has 1 aromatic heterocycles. The number of aromatic nitrogens is 1. The van der Waals surface area contributed by atoms with Gasteiger partial charge in [-0.1, -0.05) is 6.07 Å². The second-order valence-electron chi connectivity index (χ2n) is 2.79. The monoisotopic (exact) mass is 425 g/mol. The number of rotatable bonds is 2. The van der Waals surface area contributed by atoms with E-state index in [1.54, 1.807) is 0 Å². The minimum Gasteiger partial charge on any atom is -1.00 e. The van der Waals surface area contributed by atoms with Crippen LogP contribution in [-0.4, -0.2) is 4.98 Å². The molecule has 0 aliphatic heterocycles. The van der Waals surface area contributed by atoms with E-state index in [4.69, 9.17) is 14.0 Å². The molecule has 0 aliphatic rings. The van der Waals surface area contributed by atoms with Crippen molar-refractivity contribution in [1.82, 2.24) is 4.98 Å². The summed E-state index contributed by atoms with van der Waals surface area (Å²) in [5.74, 6) is 0. The Bertz CT molecular complexity index is 438. The number of pyridine rings is 1. The van der Waals surface area contributed by atoms with E-state index in [9.17, 15) is 0 Å². The molecule has 96 valence electrons. The minimum absolute atomic E-state index is 0. The maximum atomic E-state index is 7.50. The average Bonchev–Trinajstić information content (AvgIpc) is 2.99. The molecule has 1 aromatic carbocycles. The normalized spacial score (nSPS) is 6.63. The first-order valence-corrected chi connectivity index (χ1v) is 4.67. The van der Waals surface area contributed by atoms with E-state index in [1.165, 1.54) is 5.56 Å². The fourth-order valence-corrected chi connectivity index (χ4v) is 1.24. The molecule has 0 N–H and O–H groups in total. The van der Waals surface area contributed by atoms with Crippen LogP contribution in [0.25, 0.3) is 0 Å². The summed E-state index contributed by atoms with van der Waals surface area (Å²) in [5.41, 5.74) is 2.46. The topological polar surface area (TPSA) is 72.6 Å². The Labute approximate surface area is 128 Å². The van der Waals surface area contributed by atoms with Gasteiger partial charge in [0.1, 0.15) is 0 Å². The Balaban J connectivity index is -0.000000143. The standard InChI is InChI=1S/C11H10N.3CO.W.H/c1-2-6-10(5-1)9-11-7-3-4-8-12-11;3*1-2;;/h1-8H,9H2;;;;;/q-1;;;;+2;-1. The summed E-state index contributed by atoms with van der Waals surface area (Å²) >= 11 is 0. The first-order chi connectivity index (χ1) is 8.95. The van der Waals surface area contributed by atoms with Crippen molar-refractivity contribution in [3.63, 3.8) is 0 Å². The fraction of sp³-hybridized carbons (Fsp3) is 0.0714. The molecule has 0 aliphatic carbocycles. The van der Waals surface area contributed by atoms with E-state index < -0.39 is 0 Å². The smallest absolute Gasteiger partial charge is 1.00 e. The second kappa shape index (κ2) is 18.8. The van der Waals surface area contributed by atoms with E-state index in [0.29, 0.717) is 0 Å². The van der Waals surface area contributed by atoms with E-state index in [2.05, 4.69) is 49.2 Å². The minimum atomic E-state index is 0. The zero-order valence-corrected chi connectivity index (χ0v) is 12.8. The molecule has 19 heavy (non-hydrogen) atoms. The van der Waals surface area contributed by atoms with E-state index in [-0.39, 0.29) is 22.5 Å². The fourth-order valence-electron chi connectivity index (χ4n) is 1.24. The van der Waals surface area contributed by atoms with Gasteiger partial charge in [0.15, 0.2) is 0 Å². The number of hydrogen-bond acceptors (Lipinski definition) is 1. The zero-order valence-electron chi connectivity index (χ0n) is 10.9. The van der Waals surface area contributed by atoms with Crippen LogP contribution >= 0.6 is 0 Å². The second-order valence-corrected chi connectivity index (χ2v) is 2.79. The molecular weight excluding hydrogens is 414 g/mol. The van der Waals surface area contributed by atoms with Crippen LogP contribution in [0.3, 0.4) is 0 Å². The van der Waals surface area contributed by atoms with Crippen molar-refractivity contribution in [2.45, 2.75) is 6.42 Å². The molecule has 0 radical (unpaired) electrons. The Morgan fingerprint density at radius 3 is 2.05 bits per heavy atom. The summed E-state index contributed by atoms with van der Waals surface area (Å²) in [5, 5.41) is 0. The Kier molecular flexibility index (Phi) is 22.3. The maximum Gasteiger partial charge on any atom is 2.00 e. The van der Waals surface area contributed by atoms with Crippen molar-refractivity contribution in [3.05, 3.63) is 79.9 Å². The first kappa shape index (κ1) is 22.6. The van der Waals surface area contributed by atoms with Gasteiger partial charge < -0.3 is 1.43 Å². The van der Waals surface area contributed by atoms with Gasteiger partial charge in [0, 0.05) is 11.9 Å². The number of hydrogen-bond donors (Lipinski definition) is 0. The molecule has 0 amide bonds. The summed E-state index contributed by atoms with van der Waals surface area (Å²) in [4.78, 5) is 4.25. The summed E-state index contributed by atoms with van der Waals surface area (Å²) in [6.45, 7) is 13.5. The van der Waals surface area contributed by atoms with E-state index >= 15 is 0 Å². The van der Waals surface area contributed by atoms with Gasteiger partial charge in [-0.15, -0.1) is 0 Å². The van der Waals surface area contributed by atoms with Crippen molar-refractivity contribution in [2.24, 2.45) is 0 Å². The zero-order chi connectivity index (χ0) is 14.2. The molecule has 0 atom stereocenters. The van der Waals surface area contributed by atoms with Gasteiger partial charge in [-0.25, -0.2) is 12.1 Å². The predicted molar refractivity (Wildman–Crippen MR) is 62.0 cm³/mol. The largest absolute Gasteiger partial charge is 2.00 e. The van der Waals surface area contributed by atoms with Crippen LogP contribution in [0, 0.1) is 20.0 Å². The van der Waals surface area contributed by atoms with Crippen molar-refractivity contribution < 1.29 is 36.4 Å². The van der Waals surface area contributed by atoms with Crippen LogP contribution in [0.5, 0.6) is 0 Å². The third-order valence-corrected chi connectivity index (χ3v) is 1.84. The van der Waals surface area contributed by atoms with Crippen LogP contribution in [0.4, 0.5) is 0 Å². The summed E-state index contributed by atoms with van der Waals surface area (Å²) in [7, 11) is 0. The molecule has 4 nitrogen and oxygen atoms in total. The van der Waals surface area contributed by atoms with Gasteiger partial charge in [-0.2, -0.15) is 17.7 Å². The van der Waals surface area contributed by atoms with Gasteiger partial charge in [-0.3, -0.25) is 4.98 Å². The van der Waals surface area contributed by atoms with Crippen LogP contribution in [0.2, 0.25) is 0 Å². The van der Waals surface area contributed by atoms with Crippen molar-refractivity contribution in [1.29, 1.82) is 0 Å². The molecule has 0 bridgehead atoms. The van der Waals surface area contributed by atoms with Crippen molar-refractivity contribution >= 4 is 0 Å². The quantitative estimate of drug-likeness (QED) is 0.538. The Hall–Kier alpha value is -1.59. The van der Waals surface area contributed by atoms with E-state index in [1.807, 2.05) is 24.4 Å². The molecule has 0 unspecified atom stereocenters. The molecular formula is C14H11NO3W. The molecule has 0 saturated carbocycles. The van der Waals surface area contributed by atoms with Crippen LogP contribution in [0.15, 0.2) is 48.7 Å². The molecule has 0 fully saturated rings. The molecule has 0 saturated heterocycles. The Morgan fingerprint density at radius 2 is 1.63 bits per heavy atom. The van der Waals surface area contributed by atoms with E-state index in [0.717, 1.165) is 12.1 Å². The SMILES string of the molecule is [C-]#[O+].[C-]#[O+].[C-]#[O+].[H-].[W+2].c1ccc(Cc2ccc[cH-]2)nc1. The van der Waals surface area contributed by atoms with Crippen molar-refractivity contribution in [3.8, 4) is 0 Å². The van der Waals surface area contributed by atoms with Gasteiger partial charge >= 0.3 is 55.0 Å². The van der Waals surface area contributed by atoms with Crippen LogP contribution in [-0.2, 0) is 41.4 Å².